The predicted octanol–water partition coefficient (Wildman–Crippen LogP) is 5.98. The minimum absolute atomic E-state index is 0.100. The maximum Gasteiger partial charge on any atom is 0.261 e. The number of thiocarbonyl (C=S) groups is 1. The van der Waals surface area contributed by atoms with E-state index in [4.69, 9.17) is 21.7 Å². The molecule has 3 aromatic carbocycles. The van der Waals surface area contributed by atoms with Gasteiger partial charge in [-0.05, 0) is 74.1 Å². The molecule has 0 saturated carbocycles. The number of carbonyl (C=O) groups excluding carboxylic acids is 1. The van der Waals surface area contributed by atoms with Crippen molar-refractivity contribution in [3.05, 3.63) is 88.4 Å². The maximum atomic E-state index is 12.9. The van der Waals surface area contributed by atoms with Crippen LogP contribution in [0.15, 0.2) is 77.3 Å². The molecule has 0 spiro atoms. The summed E-state index contributed by atoms with van der Waals surface area (Å²) in [7, 11) is 0. The fourth-order valence-electron chi connectivity index (χ4n) is 2.95. The molecule has 0 aromatic heterocycles. The second-order valence-corrected chi connectivity index (χ2v) is 8.65. The Morgan fingerprint density at radius 1 is 1.03 bits per heavy atom. The SMILES string of the molecule is CC(C)Oc1ccc(NC(=S)NC(=O)c2cc(Br)ccc2OCCc2ccccc2)cc1. The van der Waals surface area contributed by atoms with Crippen LogP contribution in [-0.2, 0) is 6.42 Å². The molecule has 0 fully saturated rings. The average molecular weight is 513 g/mol. The first kappa shape index (κ1) is 23.8. The van der Waals surface area contributed by atoms with Crippen molar-refractivity contribution in [2.24, 2.45) is 0 Å². The fraction of sp³-hybridized carbons (Fsp3) is 0.200. The van der Waals surface area contributed by atoms with E-state index < -0.39 is 0 Å². The van der Waals surface area contributed by atoms with Crippen molar-refractivity contribution in [1.29, 1.82) is 0 Å². The van der Waals surface area contributed by atoms with Crippen LogP contribution in [0, 0.1) is 0 Å². The molecular formula is C25H25BrN2O3S. The molecule has 0 bridgehead atoms. The Kier molecular flexibility index (Phi) is 8.64. The van der Waals surface area contributed by atoms with Gasteiger partial charge in [0.05, 0.1) is 18.3 Å². The van der Waals surface area contributed by atoms with E-state index in [1.165, 1.54) is 5.56 Å². The van der Waals surface area contributed by atoms with E-state index in [1.807, 2.05) is 74.5 Å². The number of hydrogen-bond acceptors (Lipinski definition) is 4. The standard InChI is InChI=1S/C25H25BrN2O3S/c1-17(2)31-21-11-9-20(10-12-21)27-25(32)28-24(29)22-16-19(26)8-13-23(22)30-15-14-18-6-4-3-5-7-18/h3-13,16-17H,14-15H2,1-2H3,(H2,27,28,29,32). The second-order valence-electron chi connectivity index (χ2n) is 7.32. The molecule has 0 atom stereocenters. The van der Waals surface area contributed by atoms with Gasteiger partial charge in [0.25, 0.3) is 5.91 Å². The van der Waals surface area contributed by atoms with Gasteiger partial charge in [-0.3, -0.25) is 10.1 Å². The topological polar surface area (TPSA) is 59.6 Å². The Morgan fingerprint density at radius 2 is 1.75 bits per heavy atom. The monoisotopic (exact) mass is 512 g/mol. The molecule has 3 aromatic rings. The van der Waals surface area contributed by atoms with Crippen LogP contribution in [-0.4, -0.2) is 23.7 Å². The first-order valence-electron chi connectivity index (χ1n) is 10.3. The zero-order valence-electron chi connectivity index (χ0n) is 17.9. The molecule has 0 heterocycles. The van der Waals surface area contributed by atoms with Gasteiger partial charge in [0.15, 0.2) is 5.11 Å². The number of anilines is 1. The van der Waals surface area contributed by atoms with Gasteiger partial charge in [-0.25, -0.2) is 0 Å². The molecule has 2 N–H and O–H groups in total. The van der Waals surface area contributed by atoms with Gasteiger partial charge >= 0.3 is 0 Å². The third-order valence-corrected chi connectivity index (χ3v) is 5.09. The fourth-order valence-corrected chi connectivity index (χ4v) is 3.52. The molecule has 0 aliphatic rings. The van der Waals surface area contributed by atoms with Gasteiger partial charge < -0.3 is 14.8 Å². The lowest BCUT2D eigenvalue weighted by atomic mass is 10.1. The second kappa shape index (κ2) is 11.6. The molecule has 0 aliphatic carbocycles. The minimum atomic E-state index is -0.349. The highest BCUT2D eigenvalue weighted by Crippen LogP contribution is 2.24. The van der Waals surface area contributed by atoms with Crippen molar-refractivity contribution < 1.29 is 14.3 Å². The Labute approximate surface area is 202 Å². The van der Waals surface area contributed by atoms with Crippen molar-refractivity contribution in [1.82, 2.24) is 5.32 Å². The van der Waals surface area contributed by atoms with Gasteiger partial charge in [-0.1, -0.05) is 46.3 Å². The molecule has 0 saturated heterocycles. The predicted molar refractivity (Wildman–Crippen MR) is 136 cm³/mol. The summed E-state index contributed by atoms with van der Waals surface area (Å²) < 4.78 is 12.3. The van der Waals surface area contributed by atoms with Crippen molar-refractivity contribution in [3.8, 4) is 11.5 Å². The quantitative estimate of drug-likeness (QED) is 0.363. The third-order valence-electron chi connectivity index (χ3n) is 4.39. The summed E-state index contributed by atoms with van der Waals surface area (Å²) in [5, 5.41) is 5.93. The van der Waals surface area contributed by atoms with E-state index in [9.17, 15) is 4.79 Å². The number of carbonyl (C=O) groups is 1. The molecule has 1 amide bonds. The molecule has 5 nitrogen and oxygen atoms in total. The van der Waals surface area contributed by atoms with Gasteiger partial charge in [0.2, 0.25) is 0 Å². The summed E-state index contributed by atoms with van der Waals surface area (Å²) in [5.74, 6) is 0.921. The van der Waals surface area contributed by atoms with E-state index in [-0.39, 0.29) is 17.1 Å². The van der Waals surface area contributed by atoms with E-state index in [1.54, 1.807) is 12.1 Å². The first-order valence-corrected chi connectivity index (χ1v) is 11.5. The Hall–Kier alpha value is -2.90. The third kappa shape index (κ3) is 7.35. The van der Waals surface area contributed by atoms with Crippen LogP contribution in [0.25, 0.3) is 0 Å². The number of nitrogens with one attached hydrogen (secondary N) is 2. The normalized spacial score (nSPS) is 10.5. The van der Waals surface area contributed by atoms with Crippen molar-refractivity contribution in [3.63, 3.8) is 0 Å². The van der Waals surface area contributed by atoms with Crippen LogP contribution in [0.2, 0.25) is 0 Å². The summed E-state index contributed by atoms with van der Waals surface area (Å²) in [6.07, 6.45) is 0.845. The van der Waals surface area contributed by atoms with Crippen LogP contribution in [0.5, 0.6) is 11.5 Å². The number of ether oxygens (including phenoxy) is 2. The van der Waals surface area contributed by atoms with Gasteiger partial charge in [-0.2, -0.15) is 0 Å². The number of rotatable bonds is 8. The largest absolute Gasteiger partial charge is 0.492 e. The number of hydrogen-bond donors (Lipinski definition) is 2. The number of benzene rings is 3. The van der Waals surface area contributed by atoms with Gasteiger partial charge in [0.1, 0.15) is 11.5 Å². The Bertz CT molecular complexity index is 1060. The average Bonchev–Trinajstić information content (AvgIpc) is 2.76. The highest BCUT2D eigenvalue weighted by molar-refractivity contribution is 9.10. The lowest BCUT2D eigenvalue weighted by molar-refractivity contribution is 0.0973. The Morgan fingerprint density at radius 3 is 2.44 bits per heavy atom. The highest BCUT2D eigenvalue weighted by Gasteiger charge is 2.15. The van der Waals surface area contributed by atoms with Gasteiger partial charge in [0, 0.05) is 16.6 Å². The van der Waals surface area contributed by atoms with E-state index >= 15 is 0 Å². The Balaban J connectivity index is 1.59. The molecule has 32 heavy (non-hydrogen) atoms. The minimum Gasteiger partial charge on any atom is -0.492 e. The smallest absolute Gasteiger partial charge is 0.261 e. The van der Waals surface area contributed by atoms with Crippen LogP contribution in [0.4, 0.5) is 5.69 Å². The van der Waals surface area contributed by atoms with Crippen molar-refractivity contribution >= 4 is 44.9 Å². The summed E-state index contributed by atoms with van der Waals surface area (Å²) in [5.41, 5.74) is 2.32. The number of halogens is 1. The number of amides is 1. The van der Waals surface area contributed by atoms with Gasteiger partial charge in [-0.15, -0.1) is 0 Å². The van der Waals surface area contributed by atoms with E-state index in [0.29, 0.717) is 17.9 Å². The molecule has 0 radical (unpaired) electrons. The lowest BCUT2D eigenvalue weighted by Gasteiger charge is -2.14. The lowest BCUT2D eigenvalue weighted by Crippen LogP contribution is -2.34. The molecule has 0 unspecified atom stereocenters. The highest BCUT2D eigenvalue weighted by atomic mass is 79.9. The summed E-state index contributed by atoms with van der Waals surface area (Å²) >= 11 is 8.73. The molecule has 7 heteroatoms. The first-order chi connectivity index (χ1) is 15.4. The van der Waals surface area contributed by atoms with Crippen LogP contribution >= 0.6 is 28.1 Å². The molecule has 3 rings (SSSR count). The summed E-state index contributed by atoms with van der Waals surface area (Å²) in [4.78, 5) is 12.9. The van der Waals surface area contributed by atoms with Crippen molar-refractivity contribution in [2.45, 2.75) is 26.4 Å². The molecule has 166 valence electrons. The van der Waals surface area contributed by atoms with Crippen LogP contribution in [0.1, 0.15) is 29.8 Å². The van der Waals surface area contributed by atoms with E-state index in [2.05, 4.69) is 26.6 Å². The van der Waals surface area contributed by atoms with Crippen LogP contribution in [0.3, 0.4) is 0 Å². The van der Waals surface area contributed by atoms with Crippen LogP contribution < -0.4 is 20.1 Å². The summed E-state index contributed by atoms with van der Waals surface area (Å²) in [6, 6.07) is 22.8. The zero-order chi connectivity index (χ0) is 22.9. The maximum absolute atomic E-state index is 12.9. The molecule has 0 aliphatic heterocycles. The van der Waals surface area contributed by atoms with Crippen molar-refractivity contribution in [2.75, 3.05) is 11.9 Å². The zero-order valence-corrected chi connectivity index (χ0v) is 20.3. The molecular weight excluding hydrogens is 488 g/mol. The van der Waals surface area contributed by atoms with E-state index in [0.717, 1.165) is 22.3 Å². The summed E-state index contributed by atoms with van der Waals surface area (Å²) in [6.45, 7) is 4.40.